The van der Waals surface area contributed by atoms with Crippen molar-refractivity contribution in [2.24, 2.45) is 0 Å². The van der Waals surface area contributed by atoms with Gasteiger partial charge in [-0.3, -0.25) is 4.72 Å². The fourth-order valence-corrected chi connectivity index (χ4v) is 2.97. The molecule has 0 fully saturated rings. The fraction of sp³-hybridized carbons (Fsp3) is 0.154. The largest absolute Gasteiger partial charge is 0.495 e. The van der Waals surface area contributed by atoms with Gasteiger partial charge in [0.15, 0.2) is 0 Å². The maximum absolute atomic E-state index is 12.4. The molecule has 0 amide bonds. The summed E-state index contributed by atoms with van der Waals surface area (Å²) in [5.74, 6) is 0.604. The number of rotatable bonds is 4. The van der Waals surface area contributed by atoms with E-state index in [0.717, 1.165) is 5.56 Å². The summed E-state index contributed by atoms with van der Waals surface area (Å²) in [6.45, 7) is 1.81. The molecule has 0 saturated heterocycles. The van der Waals surface area contributed by atoms with E-state index in [0.29, 0.717) is 11.5 Å². The summed E-state index contributed by atoms with van der Waals surface area (Å²) < 4.78 is 32.3. The summed E-state index contributed by atoms with van der Waals surface area (Å²) in [7, 11) is -2.32. The molecule has 2 aromatic rings. The van der Waals surface area contributed by atoms with Crippen LogP contribution in [0.25, 0.3) is 0 Å². The van der Waals surface area contributed by atoms with Gasteiger partial charge in [0.25, 0.3) is 10.0 Å². The quantitative estimate of drug-likeness (QED) is 0.896. The average Bonchev–Trinajstić information content (AvgIpc) is 2.41. The Labute approximate surface area is 117 Å². The van der Waals surface area contributed by atoms with Crippen molar-refractivity contribution in [2.45, 2.75) is 11.8 Å². The summed E-state index contributed by atoms with van der Waals surface area (Å²) >= 11 is 0. The Bertz CT molecular complexity index is 712. The van der Waals surface area contributed by atoms with Gasteiger partial charge in [-0.25, -0.2) is 13.4 Å². The molecular weight excluding hydrogens is 278 g/mol. The third kappa shape index (κ3) is 3.00. The van der Waals surface area contributed by atoms with Crippen molar-refractivity contribution in [3.05, 3.63) is 42.1 Å². The molecule has 0 aliphatic carbocycles. The summed E-state index contributed by atoms with van der Waals surface area (Å²) in [5, 5.41) is 0. The number of nitrogens with one attached hydrogen (secondary N) is 1. The second-order valence-corrected chi connectivity index (χ2v) is 5.88. The number of anilines is 2. The van der Waals surface area contributed by atoms with Gasteiger partial charge in [-0.05, 0) is 36.8 Å². The Morgan fingerprint density at radius 3 is 2.60 bits per heavy atom. The van der Waals surface area contributed by atoms with Crippen molar-refractivity contribution in [3.63, 3.8) is 0 Å². The number of aromatic nitrogens is 1. The number of benzene rings is 1. The molecule has 6 nitrogen and oxygen atoms in total. The maximum atomic E-state index is 12.4. The van der Waals surface area contributed by atoms with Gasteiger partial charge in [0, 0.05) is 0 Å². The van der Waals surface area contributed by atoms with Crippen LogP contribution < -0.4 is 15.2 Å². The molecule has 1 heterocycles. The van der Waals surface area contributed by atoms with E-state index in [2.05, 4.69) is 9.71 Å². The maximum Gasteiger partial charge on any atom is 0.265 e. The molecular formula is C13H15N3O3S. The summed E-state index contributed by atoms with van der Waals surface area (Å²) in [6.07, 6.45) is 1.36. The van der Waals surface area contributed by atoms with Crippen molar-refractivity contribution < 1.29 is 13.2 Å². The topological polar surface area (TPSA) is 94.3 Å². The number of aryl methyl sites for hydroxylation is 1. The highest BCUT2D eigenvalue weighted by atomic mass is 32.2. The van der Waals surface area contributed by atoms with Crippen LogP contribution in [-0.2, 0) is 10.0 Å². The Kier molecular flexibility index (Phi) is 3.80. The minimum absolute atomic E-state index is 0.0804. The number of hydrogen-bond donors (Lipinski definition) is 2. The first-order chi connectivity index (χ1) is 9.42. The van der Waals surface area contributed by atoms with E-state index < -0.39 is 10.0 Å². The van der Waals surface area contributed by atoms with Gasteiger partial charge in [-0.2, -0.15) is 0 Å². The molecule has 0 bridgehead atoms. The van der Waals surface area contributed by atoms with Crippen LogP contribution in [0.15, 0.2) is 41.4 Å². The van der Waals surface area contributed by atoms with Gasteiger partial charge in [0.05, 0.1) is 19.0 Å². The molecule has 0 aliphatic rings. The van der Waals surface area contributed by atoms with Gasteiger partial charge in [0.1, 0.15) is 16.5 Å². The van der Waals surface area contributed by atoms with Crippen LogP contribution in [-0.4, -0.2) is 20.5 Å². The van der Waals surface area contributed by atoms with Crippen LogP contribution >= 0.6 is 0 Å². The number of ether oxygens (including phenoxy) is 1. The normalized spacial score (nSPS) is 11.1. The molecule has 20 heavy (non-hydrogen) atoms. The average molecular weight is 293 g/mol. The third-order valence-electron chi connectivity index (χ3n) is 2.65. The van der Waals surface area contributed by atoms with Gasteiger partial charge < -0.3 is 10.5 Å². The van der Waals surface area contributed by atoms with E-state index >= 15 is 0 Å². The molecule has 7 heteroatoms. The van der Waals surface area contributed by atoms with E-state index in [-0.39, 0.29) is 10.6 Å². The molecule has 0 saturated carbocycles. The molecule has 0 unspecified atom stereocenters. The van der Waals surface area contributed by atoms with Crippen LogP contribution in [0.2, 0.25) is 0 Å². The Balaban J connectivity index is 2.40. The number of sulfonamides is 1. The lowest BCUT2D eigenvalue weighted by Gasteiger charge is -2.12. The van der Waals surface area contributed by atoms with Crippen molar-refractivity contribution in [1.82, 2.24) is 4.98 Å². The second kappa shape index (κ2) is 5.38. The standard InChI is InChI=1S/C13H15N3O3S/c1-9-3-5-11(19-2)12(7-9)20(17,18)16-10-4-6-13(14)15-8-10/h3-8,16H,1-2H3,(H2,14,15). The number of nitrogen functional groups attached to an aromatic ring is 1. The predicted molar refractivity (Wildman–Crippen MR) is 77.2 cm³/mol. The summed E-state index contributed by atoms with van der Waals surface area (Å²) in [5.41, 5.74) is 6.62. The van der Waals surface area contributed by atoms with Gasteiger partial charge >= 0.3 is 0 Å². The van der Waals surface area contributed by atoms with Crippen LogP contribution in [0.5, 0.6) is 5.75 Å². The van der Waals surface area contributed by atoms with E-state index in [1.807, 2.05) is 6.92 Å². The lowest BCUT2D eigenvalue weighted by Crippen LogP contribution is -2.14. The van der Waals surface area contributed by atoms with E-state index in [4.69, 9.17) is 10.5 Å². The monoisotopic (exact) mass is 293 g/mol. The van der Waals surface area contributed by atoms with Crippen molar-refractivity contribution in [1.29, 1.82) is 0 Å². The molecule has 0 atom stereocenters. The first-order valence-corrected chi connectivity index (χ1v) is 7.29. The summed E-state index contributed by atoms with van der Waals surface area (Å²) in [6, 6.07) is 8.01. The van der Waals surface area contributed by atoms with Crippen LogP contribution in [0, 0.1) is 6.92 Å². The van der Waals surface area contributed by atoms with E-state index in [9.17, 15) is 8.42 Å². The minimum Gasteiger partial charge on any atom is -0.495 e. The Hall–Kier alpha value is -2.28. The van der Waals surface area contributed by atoms with Crippen LogP contribution in [0.4, 0.5) is 11.5 Å². The van der Waals surface area contributed by atoms with Gasteiger partial charge in [0.2, 0.25) is 0 Å². The van der Waals surface area contributed by atoms with Gasteiger partial charge in [-0.1, -0.05) is 6.07 Å². The molecule has 106 valence electrons. The molecule has 1 aromatic heterocycles. The number of methoxy groups -OCH3 is 1. The second-order valence-electron chi connectivity index (χ2n) is 4.23. The molecule has 2 rings (SSSR count). The molecule has 0 radical (unpaired) electrons. The predicted octanol–water partition coefficient (Wildman–Crippen LogP) is 1.78. The zero-order valence-corrected chi connectivity index (χ0v) is 11.9. The van der Waals surface area contributed by atoms with Crippen molar-refractivity contribution in [3.8, 4) is 5.75 Å². The highest BCUT2D eigenvalue weighted by Crippen LogP contribution is 2.26. The molecule has 0 spiro atoms. The van der Waals surface area contributed by atoms with Crippen molar-refractivity contribution >= 4 is 21.5 Å². The molecule has 0 aliphatic heterocycles. The smallest absolute Gasteiger partial charge is 0.265 e. The highest BCUT2D eigenvalue weighted by Gasteiger charge is 2.19. The van der Waals surface area contributed by atoms with Gasteiger partial charge in [-0.15, -0.1) is 0 Å². The number of nitrogens with two attached hydrogens (primary N) is 1. The minimum atomic E-state index is -3.75. The zero-order chi connectivity index (χ0) is 14.8. The lowest BCUT2D eigenvalue weighted by atomic mass is 10.2. The van der Waals surface area contributed by atoms with Crippen LogP contribution in [0.3, 0.4) is 0 Å². The van der Waals surface area contributed by atoms with Crippen LogP contribution in [0.1, 0.15) is 5.56 Å². The third-order valence-corrected chi connectivity index (χ3v) is 4.05. The molecule has 3 N–H and O–H groups in total. The number of pyridine rings is 1. The first-order valence-electron chi connectivity index (χ1n) is 5.81. The SMILES string of the molecule is COc1ccc(C)cc1S(=O)(=O)Nc1ccc(N)nc1. The van der Waals surface area contributed by atoms with E-state index in [1.165, 1.54) is 19.4 Å². The number of nitrogens with zero attached hydrogens (tertiary/aromatic N) is 1. The zero-order valence-electron chi connectivity index (χ0n) is 11.1. The first kappa shape index (κ1) is 14.1. The lowest BCUT2D eigenvalue weighted by molar-refractivity contribution is 0.402. The number of hydrogen-bond acceptors (Lipinski definition) is 5. The Morgan fingerprint density at radius 2 is 2.00 bits per heavy atom. The summed E-state index contributed by atoms with van der Waals surface area (Å²) in [4.78, 5) is 3.92. The van der Waals surface area contributed by atoms with Crippen molar-refractivity contribution in [2.75, 3.05) is 17.6 Å². The highest BCUT2D eigenvalue weighted by molar-refractivity contribution is 7.92. The Morgan fingerprint density at radius 1 is 1.25 bits per heavy atom. The fourth-order valence-electron chi connectivity index (χ4n) is 1.67. The molecule has 1 aromatic carbocycles. The van der Waals surface area contributed by atoms with E-state index in [1.54, 1.807) is 24.3 Å².